The van der Waals surface area contributed by atoms with E-state index in [4.69, 9.17) is 0 Å². The van der Waals surface area contributed by atoms with Crippen LogP contribution in [0.15, 0.2) is 59.8 Å². The Hall–Kier alpha value is -2.97. The van der Waals surface area contributed by atoms with Crippen molar-refractivity contribution in [2.75, 3.05) is 20.1 Å². The van der Waals surface area contributed by atoms with E-state index >= 15 is 0 Å². The van der Waals surface area contributed by atoms with Gasteiger partial charge in [0.15, 0.2) is 11.5 Å². The zero-order chi connectivity index (χ0) is 23.9. The van der Waals surface area contributed by atoms with Crippen LogP contribution in [0.2, 0.25) is 0 Å². The number of rotatable bonds is 5. The number of aliphatic imine (C=N–C) groups is 1. The van der Waals surface area contributed by atoms with Crippen molar-refractivity contribution in [1.29, 1.82) is 0 Å². The number of piperidine rings is 1. The van der Waals surface area contributed by atoms with Gasteiger partial charge in [0.05, 0.1) is 0 Å². The van der Waals surface area contributed by atoms with Gasteiger partial charge >= 0.3 is 6.29 Å². The number of ether oxygens (including phenoxy) is 2. The number of allylic oxidation sites excluding steroid dienone is 2. The summed E-state index contributed by atoms with van der Waals surface area (Å²) in [5, 5.41) is 3.17. The van der Waals surface area contributed by atoms with Gasteiger partial charge in [-0.15, -0.1) is 20.1 Å². The van der Waals surface area contributed by atoms with E-state index in [0.717, 1.165) is 40.2 Å². The fourth-order valence-electron chi connectivity index (χ4n) is 4.59. The minimum atomic E-state index is -3.64. The SMILES string of the molecule is C=C(/C=C1/C(c2ccc3c(c2)OC(F)(F)O3)=CN/C1=N/C)c1ccc(C(C)N2CCCCC2)s1. The van der Waals surface area contributed by atoms with E-state index in [1.54, 1.807) is 30.5 Å². The van der Waals surface area contributed by atoms with Crippen molar-refractivity contribution in [3.63, 3.8) is 0 Å². The number of thiophene rings is 1. The summed E-state index contributed by atoms with van der Waals surface area (Å²) in [4.78, 5) is 9.32. The standard InChI is InChI=1S/C26H27F2N3O2S/c1-16(23-9-10-24(34-23)17(2)31-11-5-4-6-12-31)13-19-20(15-30-25(19)29-3)18-7-8-21-22(14-18)33-26(27,28)32-21/h7-10,13-15,17H,1,4-6,11-12H2,2-3H3,(H,29,30)/b19-13-. The lowest BCUT2D eigenvalue weighted by atomic mass is 9.97. The highest BCUT2D eigenvalue weighted by Gasteiger charge is 2.43. The van der Waals surface area contributed by atoms with Crippen molar-refractivity contribution < 1.29 is 18.3 Å². The van der Waals surface area contributed by atoms with Crippen LogP contribution in [-0.4, -0.2) is 37.2 Å². The van der Waals surface area contributed by atoms with Crippen LogP contribution >= 0.6 is 11.3 Å². The molecule has 1 aromatic heterocycles. The summed E-state index contributed by atoms with van der Waals surface area (Å²) in [6.45, 7) is 8.89. The van der Waals surface area contributed by atoms with Gasteiger partial charge in [0.2, 0.25) is 0 Å². The van der Waals surface area contributed by atoms with Crippen molar-refractivity contribution in [3.8, 4) is 11.5 Å². The van der Waals surface area contributed by atoms with E-state index in [9.17, 15) is 8.78 Å². The molecule has 1 saturated heterocycles. The molecule has 0 bridgehead atoms. The number of fused-ring (bicyclic) bond motifs is 1. The maximum absolute atomic E-state index is 13.5. The third-order valence-electron chi connectivity index (χ3n) is 6.45. The smallest absolute Gasteiger partial charge is 0.395 e. The molecule has 3 aliphatic rings. The first-order chi connectivity index (χ1) is 16.3. The number of nitrogens with zero attached hydrogens (tertiary/aromatic N) is 2. The Kier molecular flexibility index (Phi) is 6.04. The normalized spacial score (nSPS) is 22.6. The third kappa shape index (κ3) is 4.40. The first-order valence-electron chi connectivity index (χ1n) is 11.4. The number of benzene rings is 1. The summed E-state index contributed by atoms with van der Waals surface area (Å²) < 4.78 is 36.1. The average Bonchev–Trinajstić information content (AvgIpc) is 3.54. The van der Waals surface area contributed by atoms with E-state index in [1.165, 1.54) is 30.2 Å². The molecule has 0 saturated carbocycles. The summed E-state index contributed by atoms with van der Waals surface area (Å²) in [5.41, 5.74) is 3.26. The Morgan fingerprint density at radius 1 is 1.18 bits per heavy atom. The molecular weight excluding hydrogens is 456 g/mol. The first kappa shape index (κ1) is 22.8. The van der Waals surface area contributed by atoms with Crippen molar-refractivity contribution in [2.24, 2.45) is 4.99 Å². The monoisotopic (exact) mass is 483 g/mol. The molecule has 178 valence electrons. The van der Waals surface area contributed by atoms with E-state index in [0.29, 0.717) is 11.9 Å². The summed E-state index contributed by atoms with van der Waals surface area (Å²) in [6, 6.07) is 9.49. The Bertz CT molecular complexity index is 1210. The number of hydrogen-bond donors (Lipinski definition) is 1. The third-order valence-corrected chi connectivity index (χ3v) is 7.78. The zero-order valence-corrected chi connectivity index (χ0v) is 20.1. The fraction of sp³-hybridized carbons (Fsp3) is 0.346. The second kappa shape index (κ2) is 9.00. The minimum Gasteiger partial charge on any atom is -0.395 e. The number of nitrogens with one attached hydrogen (secondary N) is 1. The Morgan fingerprint density at radius 3 is 2.71 bits per heavy atom. The van der Waals surface area contributed by atoms with Gasteiger partial charge < -0.3 is 14.8 Å². The topological polar surface area (TPSA) is 46.1 Å². The minimum absolute atomic E-state index is 0.0121. The first-order valence-corrected chi connectivity index (χ1v) is 12.3. The van der Waals surface area contributed by atoms with Gasteiger partial charge in [-0.3, -0.25) is 9.89 Å². The van der Waals surface area contributed by atoms with Crippen molar-refractivity contribution in [3.05, 3.63) is 70.1 Å². The van der Waals surface area contributed by atoms with Gasteiger partial charge in [-0.05, 0) is 74.3 Å². The van der Waals surface area contributed by atoms with Crippen molar-refractivity contribution >= 4 is 28.3 Å². The average molecular weight is 484 g/mol. The maximum atomic E-state index is 13.5. The zero-order valence-electron chi connectivity index (χ0n) is 19.2. The lowest BCUT2D eigenvalue weighted by Gasteiger charge is -2.31. The molecule has 4 heterocycles. The molecule has 1 N–H and O–H groups in total. The predicted molar refractivity (Wildman–Crippen MR) is 132 cm³/mol. The summed E-state index contributed by atoms with van der Waals surface area (Å²) in [7, 11) is 1.71. The molecule has 34 heavy (non-hydrogen) atoms. The molecule has 2 aromatic rings. The summed E-state index contributed by atoms with van der Waals surface area (Å²) in [6.07, 6.45) is 4.01. The van der Waals surface area contributed by atoms with Gasteiger partial charge in [0.25, 0.3) is 0 Å². The molecule has 3 aliphatic heterocycles. The van der Waals surface area contributed by atoms with Crippen molar-refractivity contribution in [1.82, 2.24) is 10.2 Å². The number of amidine groups is 1. The molecule has 8 heteroatoms. The van der Waals surface area contributed by atoms with Gasteiger partial charge in [-0.25, -0.2) is 0 Å². The highest BCUT2D eigenvalue weighted by molar-refractivity contribution is 7.13. The molecule has 1 aromatic carbocycles. The number of likely N-dealkylation sites (tertiary alicyclic amines) is 1. The molecule has 0 radical (unpaired) electrons. The summed E-state index contributed by atoms with van der Waals surface area (Å²) >= 11 is 1.76. The highest BCUT2D eigenvalue weighted by atomic mass is 32.1. The van der Waals surface area contributed by atoms with Crippen LogP contribution in [0.1, 0.15) is 47.5 Å². The Balaban J connectivity index is 1.39. The molecule has 5 rings (SSSR count). The maximum Gasteiger partial charge on any atom is 0.586 e. The van der Waals surface area contributed by atoms with Crippen LogP contribution in [0.3, 0.4) is 0 Å². The molecule has 5 nitrogen and oxygen atoms in total. The number of alkyl halides is 2. The van der Waals surface area contributed by atoms with Gasteiger partial charge in [0, 0.05) is 40.2 Å². The van der Waals surface area contributed by atoms with Gasteiger partial charge in [-0.2, -0.15) is 0 Å². The van der Waals surface area contributed by atoms with E-state index in [2.05, 4.69) is 50.3 Å². The Labute approximate surface area is 202 Å². The molecule has 0 amide bonds. The van der Waals surface area contributed by atoms with Crippen LogP contribution in [0.25, 0.3) is 11.1 Å². The van der Waals surface area contributed by atoms with Crippen LogP contribution in [0, 0.1) is 0 Å². The lowest BCUT2D eigenvalue weighted by molar-refractivity contribution is -0.286. The van der Waals surface area contributed by atoms with Crippen LogP contribution in [0.5, 0.6) is 11.5 Å². The number of halogens is 2. The van der Waals surface area contributed by atoms with E-state index in [1.807, 2.05) is 12.3 Å². The summed E-state index contributed by atoms with van der Waals surface area (Å²) in [5.74, 6) is 0.726. The van der Waals surface area contributed by atoms with Gasteiger partial charge in [-0.1, -0.05) is 19.1 Å². The lowest BCUT2D eigenvalue weighted by Crippen LogP contribution is -2.31. The molecule has 0 aliphatic carbocycles. The largest absolute Gasteiger partial charge is 0.586 e. The molecule has 1 atom stereocenters. The molecule has 1 unspecified atom stereocenters. The Morgan fingerprint density at radius 2 is 1.94 bits per heavy atom. The highest BCUT2D eigenvalue weighted by Crippen LogP contribution is 2.43. The molecular formula is C26H27F2N3O2S. The second-order valence-electron chi connectivity index (χ2n) is 8.66. The van der Waals surface area contributed by atoms with Gasteiger partial charge in [0.1, 0.15) is 5.84 Å². The quantitative estimate of drug-likeness (QED) is 0.548. The van der Waals surface area contributed by atoms with Crippen molar-refractivity contribution in [2.45, 2.75) is 38.5 Å². The fourth-order valence-corrected chi connectivity index (χ4v) is 5.63. The van der Waals surface area contributed by atoms with E-state index in [-0.39, 0.29) is 11.5 Å². The van der Waals surface area contributed by atoms with Crippen LogP contribution in [0.4, 0.5) is 8.78 Å². The second-order valence-corrected chi connectivity index (χ2v) is 9.78. The molecule has 1 fully saturated rings. The molecule has 0 spiro atoms. The number of hydrogen-bond acceptors (Lipinski definition) is 5. The van der Waals surface area contributed by atoms with Crippen LogP contribution in [-0.2, 0) is 0 Å². The predicted octanol–water partition coefficient (Wildman–Crippen LogP) is 6.23. The van der Waals surface area contributed by atoms with E-state index < -0.39 is 6.29 Å². The van der Waals surface area contributed by atoms with Crippen LogP contribution < -0.4 is 14.8 Å².